The molecule has 2 aliphatic rings. The number of ether oxygens (including phenoxy) is 1. The quantitative estimate of drug-likeness (QED) is 0.629. The molecule has 0 aromatic heterocycles. The van der Waals surface area contributed by atoms with E-state index in [1.165, 1.54) is 0 Å². The van der Waals surface area contributed by atoms with Crippen molar-refractivity contribution in [3.05, 3.63) is 27.1 Å². The van der Waals surface area contributed by atoms with E-state index >= 15 is 0 Å². The van der Waals surface area contributed by atoms with Gasteiger partial charge in [0.1, 0.15) is 5.60 Å². The SMILES string of the molecule is CC(C)(C)OC(=O)N1C2CCC1CC(Nc1ccc(Br)cc1Br)C2. The van der Waals surface area contributed by atoms with Gasteiger partial charge in [0.25, 0.3) is 0 Å². The Morgan fingerprint density at radius 2 is 1.83 bits per heavy atom. The minimum absolute atomic E-state index is 0.154. The summed E-state index contributed by atoms with van der Waals surface area (Å²) in [5, 5.41) is 3.64. The number of hydrogen-bond donors (Lipinski definition) is 1. The second kappa shape index (κ2) is 6.87. The molecule has 2 aliphatic heterocycles. The van der Waals surface area contributed by atoms with E-state index in [4.69, 9.17) is 4.74 Å². The third kappa shape index (κ3) is 4.07. The molecule has 2 bridgehead atoms. The van der Waals surface area contributed by atoms with Crippen LogP contribution in [0.3, 0.4) is 0 Å². The molecule has 1 N–H and O–H groups in total. The van der Waals surface area contributed by atoms with Crippen LogP contribution in [0.2, 0.25) is 0 Å². The lowest BCUT2D eigenvalue weighted by molar-refractivity contribution is 0.00683. The van der Waals surface area contributed by atoms with E-state index in [0.29, 0.717) is 6.04 Å². The summed E-state index contributed by atoms with van der Waals surface area (Å²) in [6.45, 7) is 5.77. The number of benzene rings is 1. The van der Waals surface area contributed by atoms with Crippen LogP contribution in [0.15, 0.2) is 27.1 Å². The Labute approximate surface area is 160 Å². The van der Waals surface area contributed by atoms with Crippen molar-refractivity contribution in [1.29, 1.82) is 0 Å². The highest BCUT2D eigenvalue weighted by molar-refractivity contribution is 9.11. The Morgan fingerprint density at radius 3 is 2.38 bits per heavy atom. The third-order valence-electron chi connectivity index (χ3n) is 4.63. The Kier molecular flexibility index (Phi) is 5.17. The van der Waals surface area contributed by atoms with Crippen LogP contribution in [0.4, 0.5) is 10.5 Å². The monoisotopic (exact) mass is 458 g/mol. The number of nitrogens with one attached hydrogen (secondary N) is 1. The van der Waals surface area contributed by atoms with Gasteiger partial charge in [-0.05, 0) is 80.6 Å². The number of anilines is 1. The average Bonchev–Trinajstić information content (AvgIpc) is 2.72. The number of piperidine rings is 1. The molecule has 0 radical (unpaired) electrons. The van der Waals surface area contributed by atoms with Crippen molar-refractivity contribution in [2.75, 3.05) is 5.32 Å². The molecule has 3 rings (SSSR count). The zero-order valence-corrected chi connectivity index (χ0v) is 17.5. The standard InChI is InChI=1S/C18H24Br2N2O2/c1-18(2,3)24-17(23)22-13-5-6-14(22)10-12(9-13)21-16-7-4-11(19)8-15(16)20/h4,7-8,12-14,21H,5-6,9-10H2,1-3H3. The molecule has 1 amide bonds. The van der Waals surface area contributed by atoms with Gasteiger partial charge in [0.05, 0.1) is 0 Å². The van der Waals surface area contributed by atoms with Crippen molar-refractivity contribution in [3.8, 4) is 0 Å². The van der Waals surface area contributed by atoms with Crippen LogP contribution < -0.4 is 5.32 Å². The fraction of sp³-hybridized carbons (Fsp3) is 0.611. The van der Waals surface area contributed by atoms with Crippen LogP contribution >= 0.6 is 31.9 Å². The summed E-state index contributed by atoms with van der Waals surface area (Å²) in [6.07, 6.45) is 3.93. The van der Waals surface area contributed by atoms with Gasteiger partial charge in [0.15, 0.2) is 0 Å². The fourth-order valence-corrected chi connectivity index (χ4v) is 4.90. The Morgan fingerprint density at radius 1 is 1.21 bits per heavy atom. The number of nitrogens with zero attached hydrogens (tertiary/aromatic N) is 1. The number of carbonyl (C=O) groups is 1. The van der Waals surface area contributed by atoms with Gasteiger partial charge >= 0.3 is 6.09 Å². The van der Waals surface area contributed by atoms with Gasteiger partial charge in [-0.2, -0.15) is 0 Å². The summed E-state index contributed by atoms with van der Waals surface area (Å²) in [5.41, 5.74) is 0.668. The second-order valence-electron chi connectivity index (χ2n) is 7.71. The first-order valence-electron chi connectivity index (χ1n) is 8.46. The summed E-state index contributed by atoms with van der Waals surface area (Å²) in [6, 6.07) is 7.12. The molecule has 2 heterocycles. The molecule has 24 heavy (non-hydrogen) atoms. The van der Waals surface area contributed by atoms with Gasteiger partial charge in [-0.3, -0.25) is 0 Å². The summed E-state index contributed by atoms with van der Waals surface area (Å²) in [7, 11) is 0. The first kappa shape index (κ1) is 18.1. The molecule has 0 spiro atoms. The van der Waals surface area contributed by atoms with E-state index in [0.717, 1.165) is 40.3 Å². The Balaban J connectivity index is 1.66. The molecule has 2 fully saturated rings. The van der Waals surface area contributed by atoms with Crippen LogP contribution in [0.5, 0.6) is 0 Å². The first-order valence-corrected chi connectivity index (χ1v) is 10.0. The molecule has 2 unspecified atom stereocenters. The van der Waals surface area contributed by atoms with E-state index in [-0.39, 0.29) is 18.2 Å². The van der Waals surface area contributed by atoms with Gasteiger partial charge in [-0.25, -0.2) is 4.79 Å². The Hall–Kier alpha value is -0.750. The number of carbonyl (C=O) groups excluding carboxylic acids is 1. The number of fused-ring (bicyclic) bond motifs is 2. The van der Waals surface area contributed by atoms with Crippen LogP contribution in [0, 0.1) is 0 Å². The number of rotatable bonds is 2. The van der Waals surface area contributed by atoms with Gasteiger partial charge in [0, 0.05) is 32.8 Å². The smallest absolute Gasteiger partial charge is 0.410 e. The maximum Gasteiger partial charge on any atom is 0.410 e. The maximum absolute atomic E-state index is 12.5. The second-order valence-corrected chi connectivity index (χ2v) is 9.48. The molecule has 1 aromatic rings. The highest BCUT2D eigenvalue weighted by atomic mass is 79.9. The van der Waals surface area contributed by atoms with Crippen LogP contribution in [0.25, 0.3) is 0 Å². The number of halogens is 2. The largest absolute Gasteiger partial charge is 0.444 e. The minimum Gasteiger partial charge on any atom is -0.444 e. The molecule has 0 saturated carbocycles. The lowest BCUT2D eigenvalue weighted by atomic mass is 9.97. The van der Waals surface area contributed by atoms with Gasteiger partial charge in [0.2, 0.25) is 0 Å². The maximum atomic E-state index is 12.5. The van der Waals surface area contributed by atoms with E-state index in [1.54, 1.807) is 0 Å². The normalized spacial score (nSPS) is 26.4. The molecule has 0 aliphatic carbocycles. The van der Waals surface area contributed by atoms with Crippen molar-refractivity contribution < 1.29 is 9.53 Å². The first-order chi connectivity index (χ1) is 11.2. The van der Waals surface area contributed by atoms with Crippen LogP contribution in [0.1, 0.15) is 46.5 Å². The highest BCUT2D eigenvalue weighted by Gasteiger charge is 2.44. The Bertz CT molecular complexity index is 616. The molecular weight excluding hydrogens is 436 g/mol. The topological polar surface area (TPSA) is 41.6 Å². The molecule has 4 nitrogen and oxygen atoms in total. The molecule has 132 valence electrons. The zero-order valence-electron chi connectivity index (χ0n) is 14.3. The van der Waals surface area contributed by atoms with Gasteiger partial charge in [-0.1, -0.05) is 15.9 Å². The predicted molar refractivity (Wildman–Crippen MR) is 103 cm³/mol. The molecule has 1 aromatic carbocycles. The average molecular weight is 460 g/mol. The summed E-state index contributed by atoms with van der Waals surface area (Å²) in [5.74, 6) is 0. The summed E-state index contributed by atoms with van der Waals surface area (Å²) in [4.78, 5) is 14.5. The van der Waals surface area contributed by atoms with E-state index < -0.39 is 5.60 Å². The van der Waals surface area contributed by atoms with E-state index in [2.05, 4.69) is 43.2 Å². The van der Waals surface area contributed by atoms with Crippen molar-refractivity contribution >= 4 is 43.6 Å². The van der Waals surface area contributed by atoms with E-state index in [1.807, 2.05) is 37.8 Å². The summed E-state index contributed by atoms with van der Waals surface area (Å²) < 4.78 is 7.71. The van der Waals surface area contributed by atoms with Crippen molar-refractivity contribution in [3.63, 3.8) is 0 Å². The van der Waals surface area contributed by atoms with Gasteiger partial charge < -0.3 is 15.0 Å². The molecule has 2 atom stereocenters. The lowest BCUT2D eigenvalue weighted by Crippen LogP contribution is -2.51. The highest BCUT2D eigenvalue weighted by Crippen LogP contribution is 2.38. The minimum atomic E-state index is -0.437. The van der Waals surface area contributed by atoms with E-state index in [9.17, 15) is 4.79 Å². The van der Waals surface area contributed by atoms with Crippen molar-refractivity contribution in [1.82, 2.24) is 4.90 Å². The van der Waals surface area contributed by atoms with Crippen molar-refractivity contribution in [2.45, 2.75) is 70.2 Å². The zero-order chi connectivity index (χ0) is 17.5. The molecule has 2 saturated heterocycles. The van der Waals surface area contributed by atoms with Crippen molar-refractivity contribution in [2.24, 2.45) is 0 Å². The third-order valence-corrected chi connectivity index (χ3v) is 5.78. The number of amides is 1. The number of hydrogen-bond acceptors (Lipinski definition) is 3. The van der Waals surface area contributed by atoms with Crippen LogP contribution in [-0.4, -0.2) is 34.7 Å². The molecule has 6 heteroatoms. The summed E-state index contributed by atoms with van der Waals surface area (Å²) >= 11 is 7.09. The fourth-order valence-electron chi connectivity index (χ4n) is 3.73. The predicted octanol–water partition coefficient (Wildman–Crippen LogP) is 5.55. The van der Waals surface area contributed by atoms with Crippen LogP contribution in [-0.2, 0) is 4.74 Å². The van der Waals surface area contributed by atoms with Gasteiger partial charge in [-0.15, -0.1) is 0 Å². The molecular formula is C18H24Br2N2O2. The lowest BCUT2D eigenvalue weighted by Gasteiger charge is -2.40.